The van der Waals surface area contributed by atoms with Gasteiger partial charge in [-0.1, -0.05) is 66.4 Å². The van der Waals surface area contributed by atoms with Crippen LogP contribution in [0.5, 0.6) is 5.75 Å². The molecule has 2 fully saturated rings. The van der Waals surface area contributed by atoms with Gasteiger partial charge >= 0.3 is 5.97 Å². The van der Waals surface area contributed by atoms with E-state index in [1.54, 1.807) is 11.3 Å². The number of carbonyl (C=O) groups is 2. The maximum Gasteiger partial charge on any atom is 0.328 e. The average molecular weight is 619 g/mol. The number of ether oxygens (including phenoxy) is 2. The maximum atomic E-state index is 13.6. The molecule has 0 aliphatic heterocycles. The van der Waals surface area contributed by atoms with Crippen molar-refractivity contribution in [3.8, 4) is 5.75 Å². The topological polar surface area (TPSA) is 77.5 Å². The molecule has 2 aliphatic carbocycles. The van der Waals surface area contributed by atoms with Gasteiger partial charge in [0, 0.05) is 27.3 Å². The number of pyridine rings is 1. The van der Waals surface area contributed by atoms with Crippen molar-refractivity contribution >= 4 is 34.0 Å². The van der Waals surface area contributed by atoms with Gasteiger partial charge in [-0.3, -0.25) is 4.79 Å². The van der Waals surface area contributed by atoms with E-state index < -0.39 is 12.0 Å². The van der Waals surface area contributed by atoms with Crippen molar-refractivity contribution < 1.29 is 19.1 Å². The number of hydrogen-bond acceptors (Lipinski definition) is 6. The number of fused-ring (bicyclic) bond motifs is 1. The number of nitrogens with zero attached hydrogens (tertiary/aromatic N) is 1. The number of esters is 1. The molecule has 2 aliphatic rings. The van der Waals surface area contributed by atoms with Gasteiger partial charge < -0.3 is 14.8 Å². The summed E-state index contributed by atoms with van der Waals surface area (Å²) in [5, 5.41) is 4.97. The largest absolute Gasteiger partial charge is 0.490 e. The molecule has 5 rings (SSSR count). The Balaban J connectivity index is 1.37. The van der Waals surface area contributed by atoms with E-state index in [9.17, 15) is 9.59 Å². The van der Waals surface area contributed by atoms with Gasteiger partial charge in [-0.05, 0) is 91.0 Å². The summed E-state index contributed by atoms with van der Waals surface area (Å²) in [7, 11) is 1.36. The Morgan fingerprint density at radius 3 is 2.36 bits per heavy atom. The first-order valence-electron chi connectivity index (χ1n) is 16.6. The molecule has 1 N–H and O–H groups in total. The standard InChI is InChI=1S/C37H50N2O4S/c1-23(2)34-18-17-29(44-34)22-33(36(41)42-6)39-35(40)32-20-25-11-14-28(43-27-15-12-26(13-16-27)37(3,4)5)21-30(25)31(38-32)19-24-9-7-8-10-24/h11,14,17-18,20-21,23-24,26-27,33H,7-10,12-13,15-16,19,22H2,1-6H3,(H,39,40)/t26?,27?,33-/m0/s1. The van der Waals surface area contributed by atoms with Gasteiger partial charge in [0.2, 0.25) is 0 Å². The van der Waals surface area contributed by atoms with Crippen LogP contribution in [-0.4, -0.2) is 36.1 Å². The van der Waals surface area contributed by atoms with Crippen molar-refractivity contribution in [2.75, 3.05) is 7.11 Å². The lowest BCUT2D eigenvalue weighted by molar-refractivity contribution is -0.142. The number of aromatic nitrogens is 1. The van der Waals surface area contributed by atoms with Crippen LogP contribution in [0.1, 0.15) is 118 Å². The maximum absolute atomic E-state index is 13.6. The SMILES string of the molecule is COC(=O)[C@H](Cc1ccc(C(C)C)s1)NC(=O)c1cc2ccc(OC3CCC(C(C)(C)C)CC3)cc2c(CC2CCCC2)n1. The molecule has 0 radical (unpaired) electrons. The highest BCUT2D eigenvalue weighted by molar-refractivity contribution is 7.12. The van der Waals surface area contributed by atoms with Crippen LogP contribution in [0, 0.1) is 17.3 Å². The van der Waals surface area contributed by atoms with Gasteiger partial charge in [-0.25, -0.2) is 9.78 Å². The second-order valence-electron chi connectivity index (χ2n) is 14.4. The lowest BCUT2D eigenvalue weighted by Gasteiger charge is -2.37. The third kappa shape index (κ3) is 8.01. The molecule has 6 nitrogen and oxygen atoms in total. The summed E-state index contributed by atoms with van der Waals surface area (Å²) in [6.07, 6.45) is 10.9. The first-order chi connectivity index (χ1) is 21.0. The lowest BCUT2D eigenvalue weighted by Crippen LogP contribution is -2.43. The summed E-state index contributed by atoms with van der Waals surface area (Å²) in [4.78, 5) is 33.6. The van der Waals surface area contributed by atoms with Crippen LogP contribution in [0.2, 0.25) is 0 Å². The third-order valence-electron chi connectivity index (χ3n) is 9.72. The van der Waals surface area contributed by atoms with Crippen molar-refractivity contribution in [2.24, 2.45) is 17.3 Å². The van der Waals surface area contributed by atoms with E-state index in [1.807, 2.05) is 18.2 Å². The molecule has 1 atom stereocenters. The van der Waals surface area contributed by atoms with Crippen LogP contribution < -0.4 is 10.1 Å². The minimum absolute atomic E-state index is 0.234. The molecule has 44 heavy (non-hydrogen) atoms. The van der Waals surface area contributed by atoms with Crippen molar-refractivity contribution in [1.82, 2.24) is 10.3 Å². The molecule has 0 bridgehead atoms. The Morgan fingerprint density at radius 2 is 1.73 bits per heavy atom. The van der Waals surface area contributed by atoms with Gasteiger partial charge in [0.1, 0.15) is 17.5 Å². The molecule has 0 saturated heterocycles. The zero-order valence-corrected chi connectivity index (χ0v) is 28.2. The fourth-order valence-corrected chi connectivity index (χ4v) is 8.01. The van der Waals surface area contributed by atoms with E-state index >= 15 is 0 Å². The van der Waals surface area contributed by atoms with Gasteiger partial charge in [0.05, 0.1) is 13.2 Å². The fraction of sp³-hybridized carbons (Fsp3) is 0.595. The summed E-state index contributed by atoms with van der Waals surface area (Å²) >= 11 is 1.67. The van der Waals surface area contributed by atoms with Crippen molar-refractivity contribution in [1.29, 1.82) is 0 Å². The molecular formula is C37H50N2O4S. The number of hydrogen-bond donors (Lipinski definition) is 1. The Labute approximate surface area is 267 Å². The molecular weight excluding hydrogens is 568 g/mol. The summed E-state index contributed by atoms with van der Waals surface area (Å²) in [6.45, 7) is 11.3. The molecule has 2 saturated carbocycles. The van der Waals surface area contributed by atoms with Crippen LogP contribution in [0.4, 0.5) is 0 Å². The van der Waals surface area contributed by atoms with Crippen molar-refractivity contribution in [2.45, 2.75) is 117 Å². The molecule has 0 spiro atoms. The number of nitrogens with one attached hydrogen (secondary N) is 1. The number of carbonyl (C=O) groups excluding carboxylic acids is 2. The second kappa shape index (κ2) is 14.0. The highest BCUT2D eigenvalue weighted by Gasteiger charge is 2.31. The van der Waals surface area contributed by atoms with Crippen LogP contribution >= 0.6 is 11.3 Å². The normalized spacial score (nSPS) is 20.2. The Morgan fingerprint density at radius 1 is 1.00 bits per heavy atom. The van der Waals surface area contributed by atoms with E-state index in [4.69, 9.17) is 14.5 Å². The minimum atomic E-state index is -0.786. The molecule has 238 valence electrons. The predicted molar refractivity (Wildman–Crippen MR) is 179 cm³/mol. The Bertz CT molecular complexity index is 1440. The zero-order chi connectivity index (χ0) is 31.4. The zero-order valence-electron chi connectivity index (χ0n) is 27.4. The number of thiophene rings is 1. The minimum Gasteiger partial charge on any atom is -0.490 e. The molecule has 1 amide bonds. The van der Waals surface area contributed by atoms with Crippen molar-refractivity contribution in [3.63, 3.8) is 0 Å². The molecule has 1 aromatic carbocycles. The molecule has 3 aromatic rings. The van der Waals surface area contributed by atoms with Crippen LogP contribution in [0.25, 0.3) is 10.8 Å². The first-order valence-corrected chi connectivity index (χ1v) is 17.4. The van der Waals surface area contributed by atoms with E-state index in [2.05, 4.69) is 58.1 Å². The number of methoxy groups -OCH3 is 1. The summed E-state index contributed by atoms with van der Waals surface area (Å²) < 4.78 is 11.6. The van der Waals surface area contributed by atoms with Gasteiger partial charge in [-0.15, -0.1) is 11.3 Å². The van der Waals surface area contributed by atoms with E-state index in [0.717, 1.165) is 52.3 Å². The molecule has 2 aromatic heterocycles. The van der Waals surface area contributed by atoms with E-state index in [-0.39, 0.29) is 12.0 Å². The first kappa shape index (κ1) is 32.5. The number of benzene rings is 1. The lowest BCUT2D eigenvalue weighted by atomic mass is 9.72. The molecule has 0 unspecified atom stereocenters. The smallest absolute Gasteiger partial charge is 0.328 e. The Kier molecular flexibility index (Phi) is 10.3. The third-order valence-corrected chi connectivity index (χ3v) is 11.1. The van der Waals surface area contributed by atoms with Gasteiger partial charge in [0.25, 0.3) is 5.91 Å². The molecule has 2 heterocycles. The highest BCUT2D eigenvalue weighted by atomic mass is 32.1. The van der Waals surface area contributed by atoms with Crippen LogP contribution in [-0.2, 0) is 22.4 Å². The number of amides is 1. The quantitative estimate of drug-likeness (QED) is 0.230. The monoisotopic (exact) mass is 618 g/mol. The van der Waals surface area contributed by atoms with E-state index in [0.29, 0.717) is 29.4 Å². The van der Waals surface area contributed by atoms with Gasteiger partial charge in [-0.2, -0.15) is 0 Å². The predicted octanol–water partition coefficient (Wildman–Crippen LogP) is 8.65. The van der Waals surface area contributed by atoms with Gasteiger partial charge in [0.15, 0.2) is 0 Å². The highest BCUT2D eigenvalue weighted by Crippen LogP contribution is 2.39. The summed E-state index contributed by atoms with van der Waals surface area (Å²) in [5.41, 5.74) is 1.62. The second-order valence-corrected chi connectivity index (χ2v) is 15.6. The Hall–Kier alpha value is -2.93. The summed E-state index contributed by atoms with van der Waals surface area (Å²) in [5.74, 6) is 1.79. The van der Waals surface area contributed by atoms with E-state index in [1.165, 1.54) is 50.5 Å². The summed E-state index contributed by atoms with van der Waals surface area (Å²) in [6, 6.07) is 11.4. The average Bonchev–Trinajstić information content (AvgIpc) is 3.69. The molecule has 7 heteroatoms. The van der Waals surface area contributed by atoms with Crippen LogP contribution in [0.3, 0.4) is 0 Å². The van der Waals surface area contributed by atoms with Crippen molar-refractivity contribution in [3.05, 3.63) is 57.5 Å². The number of rotatable bonds is 10. The fourth-order valence-electron chi connectivity index (χ4n) is 6.95. The van der Waals surface area contributed by atoms with Crippen LogP contribution in [0.15, 0.2) is 36.4 Å².